The fraction of sp³-hybridized carbons (Fsp3) is 0.0455. The molecule has 0 nitrogen and oxygen atoms in total. The molecule has 44 heavy (non-hydrogen) atoms. The monoisotopic (exact) mass is 560 g/mol. The highest BCUT2D eigenvalue weighted by Gasteiger charge is 2.16. The number of aryl methyl sites for hydroxylation is 1. The Balaban J connectivity index is 1.31. The van der Waals surface area contributed by atoms with Crippen LogP contribution in [0.25, 0.3) is 82.5 Å². The predicted octanol–water partition coefficient (Wildman–Crippen LogP) is 12.6. The molecule has 0 aromatic heterocycles. The van der Waals surface area contributed by atoms with Crippen LogP contribution in [-0.2, 0) is 0 Å². The standard InChI is InChI=1S/C44H32/c1-3-12-33-28-42-34(27-29(33)2)25-26-37-35(19-11-20-36(37)42)30-21-23-32(24-22-30)44-40-17-9-7-15-38(40)43(31-13-5-4-6-14-31)39-16-8-10-18-41(39)44/h3-28H,1-2H3/b12-3-. The van der Waals surface area contributed by atoms with Gasteiger partial charge in [-0.1, -0.05) is 152 Å². The van der Waals surface area contributed by atoms with E-state index < -0.39 is 0 Å². The van der Waals surface area contributed by atoms with Crippen molar-refractivity contribution in [2.75, 3.05) is 0 Å². The number of hydrogen-bond acceptors (Lipinski definition) is 0. The van der Waals surface area contributed by atoms with Crippen molar-refractivity contribution in [1.29, 1.82) is 0 Å². The molecule has 0 N–H and O–H groups in total. The lowest BCUT2D eigenvalue weighted by Crippen LogP contribution is -1.91. The summed E-state index contributed by atoms with van der Waals surface area (Å²) in [5, 5.41) is 10.3. The first-order valence-corrected chi connectivity index (χ1v) is 15.4. The van der Waals surface area contributed by atoms with Gasteiger partial charge in [0.25, 0.3) is 0 Å². The average Bonchev–Trinajstić information content (AvgIpc) is 3.08. The van der Waals surface area contributed by atoms with Crippen molar-refractivity contribution in [3.8, 4) is 33.4 Å². The van der Waals surface area contributed by atoms with Crippen LogP contribution in [0.1, 0.15) is 18.1 Å². The number of benzene rings is 8. The molecule has 0 bridgehead atoms. The number of hydrogen-bond donors (Lipinski definition) is 0. The molecule has 8 aromatic carbocycles. The topological polar surface area (TPSA) is 0 Å². The Morgan fingerprint density at radius 2 is 0.955 bits per heavy atom. The van der Waals surface area contributed by atoms with E-state index in [-0.39, 0.29) is 0 Å². The summed E-state index contributed by atoms with van der Waals surface area (Å²) < 4.78 is 0. The van der Waals surface area contributed by atoms with E-state index >= 15 is 0 Å². The molecular formula is C44H32. The van der Waals surface area contributed by atoms with Crippen molar-refractivity contribution in [3.05, 3.63) is 163 Å². The van der Waals surface area contributed by atoms with E-state index in [9.17, 15) is 0 Å². The minimum atomic E-state index is 1.23. The third-order valence-corrected chi connectivity index (χ3v) is 9.09. The molecule has 0 heteroatoms. The quantitative estimate of drug-likeness (QED) is 0.148. The lowest BCUT2D eigenvalue weighted by molar-refractivity contribution is 1.47. The number of fused-ring (bicyclic) bond motifs is 5. The molecule has 0 saturated heterocycles. The first-order chi connectivity index (χ1) is 21.7. The van der Waals surface area contributed by atoms with Crippen LogP contribution in [0.3, 0.4) is 0 Å². The zero-order chi connectivity index (χ0) is 29.6. The summed E-state index contributed by atoms with van der Waals surface area (Å²) in [6.45, 7) is 4.27. The molecule has 8 rings (SSSR count). The normalized spacial score (nSPS) is 11.8. The lowest BCUT2D eigenvalue weighted by Gasteiger charge is -2.18. The summed E-state index contributed by atoms with van der Waals surface area (Å²) in [5.41, 5.74) is 10.1. The minimum absolute atomic E-state index is 1.23. The van der Waals surface area contributed by atoms with Gasteiger partial charge in [0.2, 0.25) is 0 Å². The molecule has 0 radical (unpaired) electrons. The van der Waals surface area contributed by atoms with Gasteiger partial charge in [0.05, 0.1) is 0 Å². The van der Waals surface area contributed by atoms with Gasteiger partial charge < -0.3 is 0 Å². The molecule has 0 unspecified atom stereocenters. The second kappa shape index (κ2) is 10.7. The third kappa shape index (κ3) is 4.22. The van der Waals surface area contributed by atoms with Crippen LogP contribution in [0.4, 0.5) is 0 Å². The smallest absolute Gasteiger partial charge is 0.00264 e. The maximum atomic E-state index is 2.34. The van der Waals surface area contributed by atoms with Gasteiger partial charge in [0.15, 0.2) is 0 Å². The largest absolute Gasteiger partial charge is 0.0871 e. The summed E-state index contributed by atoms with van der Waals surface area (Å²) in [4.78, 5) is 0. The molecule has 8 aromatic rings. The van der Waals surface area contributed by atoms with Crippen LogP contribution in [0.5, 0.6) is 0 Å². The van der Waals surface area contributed by atoms with E-state index in [1.54, 1.807) is 0 Å². The van der Waals surface area contributed by atoms with Gasteiger partial charge in [-0.05, 0) is 108 Å². The average molecular weight is 561 g/mol. The highest BCUT2D eigenvalue weighted by molar-refractivity contribution is 6.21. The van der Waals surface area contributed by atoms with Crippen molar-refractivity contribution < 1.29 is 0 Å². The maximum absolute atomic E-state index is 2.34. The maximum Gasteiger partial charge on any atom is -0.00264 e. The Hall–Kier alpha value is -5.46. The van der Waals surface area contributed by atoms with Crippen LogP contribution in [-0.4, -0.2) is 0 Å². The Bertz CT molecular complexity index is 2320. The van der Waals surface area contributed by atoms with Gasteiger partial charge >= 0.3 is 0 Å². The van der Waals surface area contributed by atoms with Crippen molar-refractivity contribution in [3.63, 3.8) is 0 Å². The van der Waals surface area contributed by atoms with Gasteiger partial charge in [0.1, 0.15) is 0 Å². The summed E-state index contributed by atoms with van der Waals surface area (Å²) >= 11 is 0. The van der Waals surface area contributed by atoms with Gasteiger partial charge in [-0.15, -0.1) is 0 Å². The van der Waals surface area contributed by atoms with Gasteiger partial charge in [0, 0.05) is 0 Å². The first kappa shape index (κ1) is 26.2. The molecule has 0 atom stereocenters. The molecule has 0 aliphatic heterocycles. The molecule has 0 amide bonds. The molecule has 0 spiro atoms. The fourth-order valence-electron chi connectivity index (χ4n) is 7.05. The van der Waals surface area contributed by atoms with Crippen LogP contribution >= 0.6 is 0 Å². The van der Waals surface area contributed by atoms with Gasteiger partial charge in [-0.25, -0.2) is 0 Å². The van der Waals surface area contributed by atoms with Gasteiger partial charge in [-0.2, -0.15) is 0 Å². The molecule has 0 heterocycles. The van der Waals surface area contributed by atoms with E-state index in [1.807, 2.05) is 0 Å². The van der Waals surface area contributed by atoms with E-state index in [0.717, 1.165) is 0 Å². The minimum Gasteiger partial charge on any atom is -0.0871 e. The van der Waals surface area contributed by atoms with E-state index in [1.165, 1.54) is 87.6 Å². The highest BCUT2D eigenvalue weighted by Crippen LogP contribution is 2.44. The Kier molecular flexibility index (Phi) is 6.35. The van der Waals surface area contributed by atoms with E-state index in [4.69, 9.17) is 0 Å². The van der Waals surface area contributed by atoms with E-state index in [2.05, 4.69) is 172 Å². The molecule has 208 valence electrons. The second-order valence-electron chi connectivity index (χ2n) is 11.7. The summed E-state index contributed by atoms with van der Waals surface area (Å²) in [6, 6.07) is 53.6. The summed E-state index contributed by atoms with van der Waals surface area (Å²) in [6.07, 6.45) is 4.32. The molecule has 0 saturated carbocycles. The Morgan fingerprint density at radius 1 is 0.409 bits per heavy atom. The predicted molar refractivity (Wildman–Crippen MR) is 192 cm³/mol. The zero-order valence-corrected chi connectivity index (χ0v) is 25.0. The number of allylic oxidation sites excluding steroid dienone is 1. The molecule has 0 aliphatic rings. The van der Waals surface area contributed by atoms with Crippen molar-refractivity contribution in [2.24, 2.45) is 0 Å². The van der Waals surface area contributed by atoms with E-state index in [0.29, 0.717) is 0 Å². The van der Waals surface area contributed by atoms with Crippen molar-refractivity contribution >= 4 is 49.2 Å². The van der Waals surface area contributed by atoms with Crippen LogP contribution in [0, 0.1) is 6.92 Å². The first-order valence-electron chi connectivity index (χ1n) is 15.4. The lowest BCUT2D eigenvalue weighted by atomic mass is 9.85. The summed E-state index contributed by atoms with van der Waals surface area (Å²) in [7, 11) is 0. The second-order valence-corrected chi connectivity index (χ2v) is 11.7. The Morgan fingerprint density at radius 3 is 1.57 bits per heavy atom. The van der Waals surface area contributed by atoms with Crippen LogP contribution in [0.2, 0.25) is 0 Å². The van der Waals surface area contributed by atoms with Crippen molar-refractivity contribution in [2.45, 2.75) is 13.8 Å². The number of rotatable bonds is 4. The molecular weight excluding hydrogens is 528 g/mol. The van der Waals surface area contributed by atoms with Gasteiger partial charge in [-0.3, -0.25) is 0 Å². The van der Waals surface area contributed by atoms with Crippen LogP contribution < -0.4 is 0 Å². The highest BCUT2D eigenvalue weighted by atomic mass is 14.2. The third-order valence-electron chi connectivity index (χ3n) is 9.09. The Labute approximate surface area is 258 Å². The van der Waals surface area contributed by atoms with Crippen molar-refractivity contribution in [1.82, 2.24) is 0 Å². The summed E-state index contributed by atoms with van der Waals surface area (Å²) in [5.74, 6) is 0. The fourth-order valence-corrected chi connectivity index (χ4v) is 7.05. The zero-order valence-electron chi connectivity index (χ0n) is 25.0. The van der Waals surface area contributed by atoms with Crippen LogP contribution in [0.15, 0.2) is 152 Å². The SMILES string of the molecule is C/C=C\c1cc2c(ccc3c(-c4ccc(-c5c6ccccc6c(-c6ccccc6)c6ccccc56)cc4)cccc32)cc1C. The molecule has 0 fully saturated rings. The molecule has 0 aliphatic carbocycles.